The molecule has 104 valence electrons. The zero-order valence-electron chi connectivity index (χ0n) is 11.6. The average Bonchev–Trinajstić information content (AvgIpc) is 3.04. The molecule has 0 N–H and O–H groups in total. The quantitative estimate of drug-likeness (QED) is 0.858. The summed E-state index contributed by atoms with van der Waals surface area (Å²) in [4.78, 5) is 11.4. The number of benzene rings is 1. The van der Waals surface area contributed by atoms with E-state index in [1.54, 1.807) is 0 Å². The van der Waals surface area contributed by atoms with Gasteiger partial charge in [0.15, 0.2) is 0 Å². The summed E-state index contributed by atoms with van der Waals surface area (Å²) in [5, 5.41) is 1.06. The van der Waals surface area contributed by atoms with Crippen molar-refractivity contribution in [3.8, 4) is 6.01 Å². The van der Waals surface area contributed by atoms with Crippen molar-refractivity contribution < 1.29 is 4.74 Å². The van der Waals surface area contributed by atoms with Gasteiger partial charge in [-0.1, -0.05) is 18.2 Å². The molecule has 2 fully saturated rings. The maximum Gasteiger partial charge on any atom is 0.316 e. The molecule has 1 aromatic heterocycles. The van der Waals surface area contributed by atoms with Gasteiger partial charge in [-0.2, -0.15) is 4.98 Å². The molecule has 20 heavy (non-hydrogen) atoms. The Morgan fingerprint density at radius 3 is 2.80 bits per heavy atom. The Morgan fingerprint density at radius 2 is 1.95 bits per heavy atom. The minimum Gasteiger partial charge on any atom is -0.461 e. The molecule has 0 saturated carbocycles. The van der Waals surface area contributed by atoms with Crippen LogP contribution in [-0.4, -0.2) is 40.1 Å². The van der Waals surface area contributed by atoms with E-state index in [1.807, 2.05) is 30.5 Å². The van der Waals surface area contributed by atoms with E-state index in [4.69, 9.17) is 4.74 Å². The second kappa shape index (κ2) is 4.70. The smallest absolute Gasteiger partial charge is 0.316 e. The number of rotatable bonds is 3. The molecular formula is C16H19N3O. The van der Waals surface area contributed by atoms with E-state index in [0.717, 1.165) is 17.5 Å². The Kier molecular flexibility index (Phi) is 2.84. The van der Waals surface area contributed by atoms with Gasteiger partial charge in [-0.05, 0) is 44.8 Å². The summed E-state index contributed by atoms with van der Waals surface area (Å²) in [6, 6.07) is 8.53. The van der Waals surface area contributed by atoms with Crippen LogP contribution in [0.3, 0.4) is 0 Å². The Hall–Kier alpha value is -1.68. The van der Waals surface area contributed by atoms with Gasteiger partial charge in [0, 0.05) is 11.6 Å². The van der Waals surface area contributed by atoms with Gasteiger partial charge in [-0.15, -0.1) is 0 Å². The van der Waals surface area contributed by atoms with E-state index >= 15 is 0 Å². The molecule has 2 saturated heterocycles. The summed E-state index contributed by atoms with van der Waals surface area (Å²) in [6.07, 6.45) is 6.93. The highest BCUT2D eigenvalue weighted by Crippen LogP contribution is 2.38. The average molecular weight is 269 g/mol. The standard InChI is InChI=1S/C16H19N3O/c1-2-6-14-13(5-1)11-17-15(18-14)20-12-16-7-3-9-19(16)10-4-8-16/h1-2,5-6,11H,3-4,7-10,12H2. The highest BCUT2D eigenvalue weighted by Gasteiger charge is 2.44. The first-order chi connectivity index (χ1) is 9.86. The highest BCUT2D eigenvalue weighted by molar-refractivity contribution is 5.77. The summed E-state index contributed by atoms with van der Waals surface area (Å²) in [7, 11) is 0. The lowest BCUT2D eigenvalue weighted by Gasteiger charge is -2.31. The molecular weight excluding hydrogens is 250 g/mol. The molecule has 0 spiro atoms. The van der Waals surface area contributed by atoms with Crippen LogP contribution < -0.4 is 4.74 Å². The summed E-state index contributed by atoms with van der Waals surface area (Å²) in [5.74, 6) is 0. The molecule has 2 aliphatic heterocycles. The van der Waals surface area contributed by atoms with Gasteiger partial charge >= 0.3 is 6.01 Å². The maximum atomic E-state index is 5.94. The number of fused-ring (bicyclic) bond motifs is 2. The number of hydrogen-bond donors (Lipinski definition) is 0. The lowest BCUT2D eigenvalue weighted by Crippen LogP contribution is -2.43. The predicted octanol–water partition coefficient (Wildman–Crippen LogP) is 2.64. The van der Waals surface area contributed by atoms with Crippen LogP contribution in [0.4, 0.5) is 0 Å². The summed E-state index contributed by atoms with van der Waals surface area (Å²) in [6.45, 7) is 3.18. The monoisotopic (exact) mass is 269 g/mol. The van der Waals surface area contributed by atoms with Crippen molar-refractivity contribution in [2.45, 2.75) is 31.2 Å². The first-order valence-electron chi connectivity index (χ1n) is 7.45. The van der Waals surface area contributed by atoms with Crippen LogP contribution in [0.25, 0.3) is 10.9 Å². The van der Waals surface area contributed by atoms with Crippen LogP contribution in [0.15, 0.2) is 30.5 Å². The topological polar surface area (TPSA) is 38.2 Å². The normalized spacial score (nSPS) is 21.2. The van der Waals surface area contributed by atoms with Crippen molar-refractivity contribution >= 4 is 10.9 Å². The lowest BCUT2D eigenvalue weighted by molar-refractivity contribution is 0.108. The first kappa shape index (κ1) is 12.1. The third-order valence-corrected chi connectivity index (χ3v) is 4.75. The molecule has 2 aromatic rings. The van der Waals surface area contributed by atoms with Crippen molar-refractivity contribution in [3.05, 3.63) is 30.5 Å². The van der Waals surface area contributed by atoms with Crippen molar-refractivity contribution in [1.82, 2.24) is 14.9 Å². The second-order valence-electron chi connectivity index (χ2n) is 5.92. The van der Waals surface area contributed by atoms with E-state index in [1.165, 1.54) is 38.8 Å². The number of aromatic nitrogens is 2. The third-order valence-electron chi connectivity index (χ3n) is 4.75. The number of ether oxygens (including phenoxy) is 1. The Labute approximate surface area is 118 Å². The summed E-state index contributed by atoms with van der Waals surface area (Å²) < 4.78 is 5.94. The number of nitrogens with zero attached hydrogens (tertiary/aromatic N) is 3. The van der Waals surface area contributed by atoms with Crippen LogP contribution in [0.1, 0.15) is 25.7 Å². The summed E-state index contributed by atoms with van der Waals surface area (Å²) >= 11 is 0. The first-order valence-corrected chi connectivity index (χ1v) is 7.45. The number of para-hydroxylation sites is 1. The molecule has 0 atom stereocenters. The molecule has 0 unspecified atom stereocenters. The van der Waals surface area contributed by atoms with Crippen molar-refractivity contribution in [2.75, 3.05) is 19.7 Å². The van der Waals surface area contributed by atoms with Crippen LogP contribution in [0, 0.1) is 0 Å². The van der Waals surface area contributed by atoms with Crippen LogP contribution in [0.2, 0.25) is 0 Å². The van der Waals surface area contributed by atoms with Gasteiger partial charge in [-0.25, -0.2) is 4.98 Å². The maximum absolute atomic E-state index is 5.94. The van der Waals surface area contributed by atoms with Gasteiger partial charge in [0.2, 0.25) is 0 Å². The third kappa shape index (κ3) is 1.95. The van der Waals surface area contributed by atoms with Gasteiger partial charge in [0.25, 0.3) is 0 Å². The molecule has 0 amide bonds. The van der Waals surface area contributed by atoms with E-state index in [0.29, 0.717) is 6.01 Å². The zero-order chi connectivity index (χ0) is 13.4. The molecule has 0 bridgehead atoms. The summed E-state index contributed by atoms with van der Waals surface area (Å²) in [5.41, 5.74) is 1.21. The largest absolute Gasteiger partial charge is 0.461 e. The SMILES string of the molecule is c1ccc2nc(OCC34CCCN3CCC4)ncc2c1. The lowest BCUT2D eigenvalue weighted by atomic mass is 9.95. The fourth-order valence-electron chi connectivity index (χ4n) is 3.68. The van der Waals surface area contributed by atoms with Gasteiger partial charge in [0.1, 0.15) is 6.61 Å². The van der Waals surface area contributed by atoms with E-state index in [-0.39, 0.29) is 5.54 Å². The minimum absolute atomic E-state index is 0.259. The van der Waals surface area contributed by atoms with Crippen LogP contribution >= 0.6 is 0 Å². The van der Waals surface area contributed by atoms with Crippen LogP contribution in [0.5, 0.6) is 6.01 Å². The highest BCUT2D eigenvalue weighted by atomic mass is 16.5. The van der Waals surface area contributed by atoms with Crippen LogP contribution in [-0.2, 0) is 0 Å². The Bertz CT molecular complexity index is 618. The fourth-order valence-corrected chi connectivity index (χ4v) is 3.68. The minimum atomic E-state index is 0.259. The molecule has 4 nitrogen and oxygen atoms in total. The fraction of sp³-hybridized carbons (Fsp3) is 0.500. The number of hydrogen-bond acceptors (Lipinski definition) is 4. The molecule has 3 heterocycles. The predicted molar refractivity (Wildman–Crippen MR) is 77.8 cm³/mol. The Morgan fingerprint density at radius 1 is 1.15 bits per heavy atom. The van der Waals surface area contributed by atoms with Crippen molar-refractivity contribution in [1.29, 1.82) is 0 Å². The van der Waals surface area contributed by atoms with Crippen molar-refractivity contribution in [2.24, 2.45) is 0 Å². The zero-order valence-corrected chi connectivity index (χ0v) is 11.6. The van der Waals surface area contributed by atoms with E-state index in [2.05, 4.69) is 14.9 Å². The Balaban J connectivity index is 1.53. The van der Waals surface area contributed by atoms with E-state index in [9.17, 15) is 0 Å². The molecule has 2 aliphatic rings. The second-order valence-corrected chi connectivity index (χ2v) is 5.92. The van der Waals surface area contributed by atoms with Crippen molar-refractivity contribution in [3.63, 3.8) is 0 Å². The molecule has 0 radical (unpaired) electrons. The van der Waals surface area contributed by atoms with Gasteiger partial charge < -0.3 is 4.74 Å². The van der Waals surface area contributed by atoms with E-state index < -0.39 is 0 Å². The molecule has 4 rings (SSSR count). The molecule has 1 aromatic carbocycles. The van der Waals surface area contributed by atoms with Gasteiger partial charge in [-0.3, -0.25) is 4.90 Å². The molecule has 0 aliphatic carbocycles. The van der Waals surface area contributed by atoms with Gasteiger partial charge in [0.05, 0.1) is 11.1 Å². The molecule has 4 heteroatoms.